The number of rotatable bonds is 4. The molecule has 1 aliphatic rings. The van der Waals surface area contributed by atoms with Crippen LogP contribution >= 0.6 is 12.4 Å². The van der Waals surface area contributed by atoms with Crippen molar-refractivity contribution in [3.05, 3.63) is 35.6 Å². The molecule has 0 aliphatic carbocycles. The van der Waals surface area contributed by atoms with Crippen LogP contribution < -0.4 is 11.1 Å². The van der Waals surface area contributed by atoms with E-state index in [4.69, 9.17) is 14.9 Å². The van der Waals surface area contributed by atoms with Crippen LogP contribution in [-0.4, -0.2) is 24.7 Å². The number of amides is 1. The van der Waals surface area contributed by atoms with Crippen molar-refractivity contribution in [1.82, 2.24) is 5.32 Å². The molecule has 1 saturated heterocycles. The van der Waals surface area contributed by atoms with E-state index in [1.807, 2.05) is 31.2 Å². The van der Waals surface area contributed by atoms with Crippen LogP contribution in [0, 0.1) is 6.92 Å². The van der Waals surface area contributed by atoms with Crippen molar-refractivity contribution < 1.29 is 13.9 Å². The van der Waals surface area contributed by atoms with Gasteiger partial charge in [0.25, 0.3) is 0 Å². The molecule has 3 rings (SSSR count). The van der Waals surface area contributed by atoms with Crippen LogP contribution in [0.5, 0.6) is 0 Å². The summed E-state index contributed by atoms with van der Waals surface area (Å²) >= 11 is 0. The Morgan fingerprint density at radius 1 is 1.36 bits per heavy atom. The molecular weight excluding hydrogens is 304 g/mol. The van der Waals surface area contributed by atoms with E-state index < -0.39 is 0 Å². The minimum absolute atomic E-state index is 0. The first-order chi connectivity index (χ1) is 10.2. The minimum atomic E-state index is -0.386. The summed E-state index contributed by atoms with van der Waals surface area (Å²) in [5.41, 5.74) is 7.47. The van der Waals surface area contributed by atoms with E-state index in [1.165, 1.54) is 0 Å². The van der Waals surface area contributed by atoms with Crippen LogP contribution in [0.15, 0.2) is 28.7 Å². The molecule has 0 bridgehead atoms. The van der Waals surface area contributed by atoms with Gasteiger partial charge in [0.05, 0.1) is 12.6 Å². The molecule has 2 heterocycles. The maximum atomic E-state index is 12.1. The third-order valence-corrected chi connectivity index (χ3v) is 4.03. The lowest BCUT2D eigenvalue weighted by molar-refractivity contribution is -0.132. The lowest BCUT2D eigenvalue weighted by Gasteiger charge is -2.12. The largest absolute Gasteiger partial charge is 0.459 e. The van der Waals surface area contributed by atoms with Crippen molar-refractivity contribution in [3.8, 4) is 0 Å². The van der Waals surface area contributed by atoms with Crippen LogP contribution in [0.1, 0.15) is 24.2 Å². The van der Waals surface area contributed by atoms with Crippen molar-refractivity contribution in [3.63, 3.8) is 0 Å². The third kappa shape index (κ3) is 3.27. The lowest BCUT2D eigenvalue weighted by Crippen LogP contribution is -2.35. The number of ether oxygens (including phenoxy) is 1. The molecule has 1 aromatic carbocycles. The van der Waals surface area contributed by atoms with Crippen molar-refractivity contribution in [2.75, 3.05) is 6.54 Å². The van der Waals surface area contributed by atoms with Crippen molar-refractivity contribution >= 4 is 29.3 Å². The van der Waals surface area contributed by atoms with Crippen LogP contribution in [0.25, 0.3) is 11.0 Å². The number of nitrogens with two attached hydrogens (primary N) is 1. The second-order valence-electron chi connectivity index (χ2n) is 5.42. The summed E-state index contributed by atoms with van der Waals surface area (Å²) in [6.45, 7) is 2.85. The molecule has 6 heteroatoms. The number of halogens is 1. The number of fused-ring (bicyclic) bond motifs is 1. The average molecular weight is 325 g/mol. The second kappa shape index (κ2) is 7.13. The first-order valence-corrected chi connectivity index (χ1v) is 7.29. The summed E-state index contributed by atoms with van der Waals surface area (Å²) in [5.74, 6) is 0.698. The number of carbonyl (C=O) groups excluding carboxylic acids is 1. The zero-order valence-corrected chi connectivity index (χ0v) is 13.3. The van der Waals surface area contributed by atoms with Crippen LogP contribution in [-0.2, 0) is 16.1 Å². The molecule has 22 heavy (non-hydrogen) atoms. The van der Waals surface area contributed by atoms with Gasteiger partial charge in [-0.1, -0.05) is 18.2 Å². The van der Waals surface area contributed by atoms with Gasteiger partial charge in [0.1, 0.15) is 17.4 Å². The number of benzene rings is 1. The van der Waals surface area contributed by atoms with Gasteiger partial charge in [0, 0.05) is 17.5 Å². The molecule has 1 amide bonds. The first kappa shape index (κ1) is 16.8. The Kier molecular flexibility index (Phi) is 5.45. The van der Waals surface area contributed by atoms with E-state index >= 15 is 0 Å². The van der Waals surface area contributed by atoms with E-state index in [0.29, 0.717) is 13.1 Å². The highest BCUT2D eigenvalue weighted by Crippen LogP contribution is 2.25. The number of hydrogen-bond acceptors (Lipinski definition) is 4. The quantitative estimate of drug-likeness (QED) is 0.904. The van der Waals surface area contributed by atoms with Crippen molar-refractivity contribution in [1.29, 1.82) is 0 Å². The molecule has 5 nitrogen and oxygen atoms in total. The summed E-state index contributed by atoms with van der Waals surface area (Å²) in [5, 5.41) is 3.97. The highest BCUT2D eigenvalue weighted by molar-refractivity contribution is 5.85. The summed E-state index contributed by atoms with van der Waals surface area (Å²) in [7, 11) is 0. The summed E-state index contributed by atoms with van der Waals surface area (Å²) < 4.78 is 11.4. The number of carbonyl (C=O) groups is 1. The van der Waals surface area contributed by atoms with Gasteiger partial charge in [-0.2, -0.15) is 0 Å². The van der Waals surface area contributed by atoms with Gasteiger partial charge in [-0.25, -0.2) is 0 Å². The molecule has 2 atom stereocenters. The normalized spacial score (nSPS) is 20.8. The molecule has 120 valence electrons. The summed E-state index contributed by atoms with van der Waals surface area (Å²) in [6.07, 6.45) is 1.20. The Labute approximate surface area is 135 Å². The summed E-state index contributed by atoms with van der Waals surface area (Å²) in [4.78, 5) is 12.1. The van der Waals surface area contributed by atoms with Gasteiger partial charge in [0.15, 0.2) is 0 Å². The average Bonchev–Trinajstić information content (AvgIpc) is 3.10. The Morgan fingerprint density at radius 3 is 2.82 bits per heavy atom. The number of para-hydroxylation sites is 1. The maximum absolute atomic E-state index is 12.1. The molecule has 0 radical (unpaired) electrons. The predicted octanol–water partition coefficient (Wildman–Crippen LogP) is 2.29. The molecule has 0 saturated carbocycles. The van der Waals surface area contributed by atoms with E-state index in [9.17, 15) is 4.79 Å². The smallest absolute Gasteiger partial charge is 0.249 e. The van der Waals surface area contributed by atoms with E-state index in [-0.39, 0.29) is 30.5 Å². The Morgan fingerprint density at radius 2 is 2.14 bits per heavy atom. The Hall–Kier alpha value is -1.56. The SMILES string of the molecule is Cc1c(CNC(=O)[C@@H]2CC[C@H](CN)O2)oc2ccccc12.Cl. The van der Waals surface area contributed by atoms with Gasteiger partial charge in [-0.15, -0.1) is 12.4 Å². The fraction of sp³-hybridized carbons (Fsp3) is 0.438. The molecule has 1 fully saturated rings. The molecule has 3 N–H and O–H groups in total. The first-order valence-electron chi connectivity index (χ1n) is 7.29. The standard InChI is InChI=1S/C16H20N2O3.ClH/c1-10-12-4-2-3-5-13(12)21-15(10)9-18-16(19)14-7-6-11(8-17)20-14;/h2-5,11,14H,6-9,17H2,1H3,(H,18,19);1H/t11-,14+;/m1./s1. The topological polar surface area (TPSA) is 77.5 Å². The highest BCUT2D eigenvalue weighted by Gasteiger charge is 2.29. The number of aryl methyl sites for hydroxylation is 1. The molecular formula is C16H21ClN2O3. The van der Waals surface area contributed by atoms with Crippen LogP contribution in [0.2, 0.25) is 0 Å². The highest BCUT2D eigenvalue weighted by atomic mass is 35.5. The fourth-order valence-corrected chi connectivity index (χ4v) is 2.75. The Balaban J connectivity index is 0.00000176. The number of nitrogens with one attached hydrogen (secondary N) is 1. The van der Waals surface area contributed by atoms with Crippen molar-refractivity contribution in [2.24, 2.45) is 5.73 Å². The number of furan rings is 1. The zero-order chi connectivity index (χ0) is 14.8. The van der Waals surface area contributed by atoms with E-state index in [1.54, 1.807) is 0 Å². The fourth-order valence-electron chi connectivity index (χ4n) is 2.75. The van der Waals surface area contributed by atoms with Gasteiger partial charge >= 0.3 is 0 Å². The van der Waals surface area contributed by atoms with Gasteiger partial charge in [-0.05, 0) is 25.8 Å². The monoisotopic (exact) mass is 324 g/mol. The van der Waals surface area contributed by atoms with Gasteiger partial charge < -0.3 is 20.2 Å². The molecule has 0 unspecified atom stereocenters. The third-order valence-electron chi connectivity index (χ3n) is 4.03. The van der Waals surface area contributed by atoms with E-state index in [2.05, 4.69) is 5.32 Å². The van der Waals surface area contributed by atoms with Crippen molar-refractivity contribution in [2.45, 2.75) is 38.5 Å². The summed E-state index contributed by atoms with van der Waals surface area (Å²) in [6, 6.07) is 7.87. The molecule has 2 aromatic rings. The van der Waals surface area contributed by atoms with Crippen LogP contribution in [0.4, 0.5) is 0 Å². The molecule has 1 aliphatic heterocycles. The molecule has 0 spiro atoms. The van der Waals surface area contributed by atoms with Gasteiger partial charge in [-0.3, -0.25) is 4.79 Å². The number of hydrogen-bond donors (Lipinski definition) is 2. The predicted molar refractivity (Wildman–Crippen MR) is 87.0 cm³/mol. The second-order valence-corrected chi connectivity index (χ2v) is 5.42. The minimum Gasteiger partial charge on any atom is -0.459 e. The maximum Gasteiger partial charge on any atom is 0.249 e. The van der Waals surface area contributed by atoms with Gasteiger partial charge in [0.2, 0.25) is 5.91 Å². The lowest BCUT2D eigenvalue weighted by atomic mass is 10.1. The Bertz CT molecular complexity index is 656. The van der Waals surface area contributed by atoms with E-state index in [0.717, 1.165) is 35.1 Å². The van der Waals surface area contributed by atoms with Crippen LogP contribution in [0.3, 0.4) is 0 Å². The zero-order valence-electron chi connectivity index (χ0n) is 12.5. The molecule has 1 aromatic heterocycles.